The van der Waals surface area contributed by atoms with Gasteiger partial charge in [-0.05, 0) is 49.5 Å². The van der Waals surface area contributed by atoms with Gasteiger partial charge >= 0.3 is 0 Å². The Balaban J connectivity index is 3.03. The summed E-state index contributed by atoms with van der Waals surface area (Å²) in [6.07, 6.45) is 4.48. The number of hydrogen-bond donors (Lipinski definition) is 4. The molecular formula is C24H43N3O4. The number of amides is 1. The van der Waals surface area contributed by atoms with Gasteiger partial charge in [0.05, 0.1) is 24.2 Å². The van der Waals surface area contributed by atoms with E-state index in [1.807, 2.05) is 6.07 Å². The third-order valence-electron chi connectivity index (χ3n) is 5.13. The Morgan fingerprint density at radius 2 is 1.71 bits per heavy atom. The molecule has 0 heterocycles. The first-order valence-electron chi connectivity index (χ1n) is 11.3. The van der Waals surface area contributed by atoms with Crippen LogP contribution in [0.4, 0.5) is 17.1 Å². The summed E-state index contributed by atoms with van der Waals surface area (Å²) in [5.74, 6) is 0.865. The fraction of sp³-hybridized carbons (Fsp3) is 0.708. The molecule has 178 valence electrons. The molecule has 1 rings (SSSR count). The molecule has 0 saturated heterocycles. The average Bonchev–Trinajstić information content (AvgIpc) is 2.66. The van der Waals surface area contributed by atoms with Gasteiger partial charge in [0.2, 0.25) is 5.91 Å². The van der Waals surface area contributed by atoms with E-state index < -0.39 is 0 Å². The average molecular weight is 438 g/mol. The Morgan fingerprint density at radius 1 is 1.13 bits per heavy atom. The van der Waals surface area contributed by atoms with Crippen molar-refractivity contribution in [2.24, 2.45) is 11.3 Å². The summed E-state index contributed by atoms with van der Waals surface area (Å²) < 4.78 is 5.57. The summed E-state index contributed by atoms with van der Waals surface area (Å²) in [6, 6.07) is 3.62. The lowest BCUT2D eigenvalue weighted by Crippen LogP contribution is -2.27. The highest BCUT2D eigenvalue weighted by atomic mass is 16.5. The summed E-state index contributed by atoms with van der Waals surface area (Å²) in [7, 11) is 1.60. The highest BCUT2D eigenvalue weighted by molar-refractivity contribution is 5.95. The number of nitrogens with one attached hydrogen (secondary N) is 1. The second-order valence-corrected chi connectivity index (χ2v) is 9.58. The number of rotatable bonds is 14. The maximum atomic E-state index is 12.7. The maximum Gasteiger partial charge on any atom is 0.224 e. The SMILES string of the molecule is COc1cc(N)c(NC(=O)CC(C)CC(C)(C)C)cc1N(CCCCO)CCCCO. The smallest absolute Gasteiger partial charge is 0.224 e. The zero-order chi connectivity index (χ0) is 23.4. The van der Waals surface area contributed by atoms with Crippen LogP contribution >= 0.6 is 0 Å². The quantitative estimate of drug-likeness (QED) is 0.258. The van der Waals surface area contributed by atoms with Crippen molar-refractivity contribution >= 4 is 23.0 Å². The Bertz CT molecular complexity index is 664. The normalized spacial score (nSPS) is 12.5. The number of carbonyl (C=O) groups excluding carboxylic acids is 1. The van der Waals surface area contributed by atoms with Gasteiger partial charge in [-0.3, -0.25) is 4.79 Å². The number of nitrogens with zero attached hydrogens (tertiary/aromatic N) is 1. The van der Waals surface area contributed by atoms with Gasteiger partial charge in [0.1, 0.15) is 5.75 Å². The van der Waals surface area contributed by atoms with E-state index in [1.54, 1.807) is 13.2 Å². The van der Waals surface area contributed by atoms with Crippen molar-refractivity contribution in [3.8, 4) is 5.75 Å². The van der Waals surface area contributed by atoms with Crippen LogP contribution in [0.15, 0.2) is 12.1 Å². The molecule has 7 nitrogen and oxygen atoms in total. The van der Waals surface area contributed by atoms with Gasteiger partial charge in [0.15, 0.2) is 0 Å². The monoisotopic (exact) mass is 437 g/mol. The molecule has 5 N–H and O–H groups in total. The first-order valence-corrected chi connectivity index (χ1v) is 11.3. The fourth-order valence-electron chi connectivity index (χ4n) is 3.92. The van der Waals surface area contributed by atoms with Crippen LogP contribution in [0.25, 0.3) is 0 Å². The molecule has 0 bridgehead atoms. The number of methoxy groups -OCH3 is 1. The van der Waals surface area contributed by atoms with Crippen molar-refractivity contribution in [1.82, 2.24) is 0 Å². The Labute approximate surface area is 188 Å². The van der Waals surface area contributed by atoms with Crippen LogP contribution in [0.1, 0.15) is 66.2 Å². The molecule has 1 amide bonds. The zero-order valence-electron chi connectivity index (χ0n) is 20.0. The summed E-state index contributed by atoms with van der Waals surface area (Å²) >= 11 is 0. The van der Waals surface area contributed by atoms with Crippen LogP contribution in [-0.2, 0) is 4.79 Å². The number of anilines is 3. The van der Waals surface area contributed by atoms with Crippen molar-refractivity contribution in [2.75, 3.05) is 49.4 Å². The number of carbonyl (C=O) groups is 1. The largest absolute Gasteiger partial charge is 0.495 e. The lowest BCUT2D eigenvalue weighted by atomic mass is 9.84. The van der Waals surface area contributed by atoms with E-state index in [9.17, 15) is 4.79 Å². The summed E-state index contributed by atoms with van der Waals surface area (Å²) in [5.41, 5.74) is 8.28. The van der Waals surface area contributed by atoms with Crippen molar-refractivity contribution in [2.45, 2.75) is 66.2 Å². The maximum absolute atomic E-state index is 12.7. The number of nitrogen functional groups attached to an aromatic ring is 1. The predicted octanol–water partition coefficient (Wildman–Crippen LogP) is 4.03. The summed E-state index contributed by atoms with van der Waals surface area (Å²) in [5, 5.41) is 21.3. The minimum Gasteiger partial charge on any atom is -0.495 e. The van der Waals surface area contributed by atoms with E-state index in [4.69, 9.17) is 20.7 Å². The standard InChI is InChI=1S/C24H43N3O4/c1-18(17-24(2,3)4)14-23(30)26-20-16-21(22(31-5)15-19(20)25)27(10-6-8-12-28)11-7-9-13-29/h15-16,18,28-29H,6-14,17,25H2,1-5H3,(H,26,30). The van der Waals surface area contributed by atoms with Gasteiger partial charge in [-0.1, -0.05) is 27.7 Å². The molecule has 0 fully saturated rings. The van der Waals surface area contributed by atoms with E-state index in [0.717, 1.165) is 38.0 Å². The first-order chi connectivity index (χ1) is 14.6. The van der Waals surface area contributed by atoms with Gasteiger partial charge in [0, 0.05) is 38.8 Å². The molecule has 0 aliphatic rings. The van der Waals surface area contributed by atoms with Gasteiger partial charge < -0.3 is 30.9 Å². The fourth-order valence-corrected chi connectivity index (χ4v) is 3.92. The number of ether oxygens (including phenoxy) is 1. The van der Waals surface area contributed by atoms with E-state index >= 15 is 0 Å². The molecule has 0 radical (unpaired) electrons. The van der Waals surface area contributed by atoms with Crippen LogP contribution in [0.3, 0.4) is 0 Å². The molecule has 0 spiro atoms. The van der Waals surface area contributed by atoms with Gasteiger partial charge in [-0.15, -0.1) is 0 Å². The molecule has 1 aromatic carbocycles. The second kappa shape index (κ2) is 13.4. The lowest BCUT2D eigenvalue weighted by Gasteiger charge is -2.28. The second-order valence-electron chi connectivity index (χ2n) is 9.58. The molecular weight excluding hydrogens is 394 g/mol. The summed E-state index contributed by atoms with van der Waals surface area (Å²) in [6.45, 7) is 10.4. The van der Waals surface area contributed by atoms with Crippen LogP contribution in [0.5, 0.6) is 5.75 Å². The Hall–Kier alpha value is -1.99. The Morgan fingerprint density at radius 3 is 2.19 bits per heavy atom. The van der Waals surface area contributed by atoms with Crippen molar-refractivity contribution < 1.29 is 19.7 Å². The number of aliphatic hydroxyl groups excluding tert-OH is 2. The molecule has 0 aromatic heterocycles. The van der Waals surface area contributed by atoms with E-state index in [2.05, 4.69) is 37.9 Å². The van der Waals surface area contributed by atoms with Crippen molar-refractivity contribution in [1.29, 1.82) is 0 Å². The molecule has 0 aliphatic carbocycles. The number of aliphatic hydroxyl groups is 2. The van der Waals surface area contributed by atoms with Gasteiger partial charge in [-0.2, -0.15) is 0 Å². The van der Waals surface area contributed by atoms with Gasteiger partial charge in [-0.25, -0.2) is 0 Å². The van der Waals surface area contributed by atoms with Gasteiger partial charge in [0.25, 0.3) is 0 Å². The van der Waals surface area contributed by atoms with Crippen LogP contribution in [0.2, 0.25) is 0 Å². The lowest BCUT2D eigenvalue weighted by molar-refractivity contribution is -0.117. The van der Waals surface area contributed by atoms with Crippen LogP contribution in [-0.4, -0.2) is 49.5 Å². The van der Waals surface area contributed by atoms with Crippen molar-refractivity contribution in [3.05, 3.63) is 12.1 Å². The van der Waals surface area contributed by atoms with Crippen molar-refractivity contribution in [3.63, 3.8) is 0 Å². The zero-order valence-corrected chi connectivity index (χ0v) is 20.0. The summed E-state index contributed by atoms with van der Waals surface area (Å²) in [4.78, 5) is 14.8. The number of nitrogens with two attached hydrogens (primary N) is 1. The highest BCUT2D eigenvalue weighted by Crippen LogP contribution is 2.36. The van der Waals surface area contributed by atoms with E-state index in [-0.39, 0.29) is 30.5 Å². The molecule has 1 aromatic rings. The molecule has 31 heavy (non-hydrogen) atoms. The Kier molecular flexibility index (Phi) is 11.7. The highest BCUT2D eigenvalue weighted by Gasteiger charge is 2.20. The third kappa shape index (κ3) is 10.2. The number of benzene rings is 1. The molecule has 0 aliphatic heterocycles. The minimum absolute atomic E-state index is 0.0494. The molecule has 0 saturated carbocycles. The van der Waals surface area contributed by atoms with E-state index in [0.29, 0.717) is 36.4 Å². The molecule has 1 unspecified atom stereocenters. The van der Waals surface area contributed by atoms with Crippen LogP contribution < -0.4 is 20.7 Å². The topological polar surface area (TPSA) is 108 Å². The third-order valence-corrected chi connectivity index (χ3v) is 5.13. The first kappa shape index (κ1) is 27.0. The number of unbranched alkanes of at least 4 members (excludes halogenated alkanes) is 2. The molecule has 1 atom stereocenters. The predicted molar refractivity (Wildman–Crippen MR) is 129 cm³/mol. The minimum atomic E-state index is -0.0494. The molecule has 7 heteroatoms. The van der Waals surface area contributed by atoms with Crippen LogP contribution in [0, 0.1) is 11.3 Å². The number of hydrogen-bond acceptors (Lipinski definition) is 6. The van der Waals surface area contributed by atoms with E-state index in [1.165, 1.54) is 0 Å².